The summed E-state index contributed by atoms with van der Waals surface area (Å²) in [6.45, 7) is 2.03. The molecule has 0 aromatic heterocycles. The van der Waals surface area contributed by atoms with E-state index in [4.69, 9.17) is 4.74 Å². The van der Waals surface area contributed by atoms with Gasteiger partial charge in [0, 0.05) is 62.2 Å². The van der Waals surface area contributed by atoms with Gasteiger partial charge < -0.3 is 36.1 Å². The number of hydrogen-bond donors (Lipinski definition) is 5. The Morgan fingerprint density at radius 1 is 0.825 bits per heavy atom. The lowest BCUT2D eigenvalue weighted by Crippen LogP contribution is -2.36. The van der Waals surface area contributed by atoms with Gasteiger partial charge in [-0.15, -0.1) is 0 Å². The topological polar surface area (TPSA) is 155 Å². The fourth-order valence-corrected chi connectivity index (χ4v) is 4.26. The molecule has 0 atom stereocenters. The standard InChI is InChI=1S/C29H43N5O6/c1-30-25-10-5-4-9-24(25)28(38)22-11-13-23(14-12-22)34-27(37)21-26(36)31-17-20-40-19-8-16-33-29(39)32-15-6-2-3-7-18-35/h11-14,18,30H,2-10,15-17,19-21H2,1H3,(H,31,36)(H,34,37)(H2,32,33,39). The van der Waals surface area contributed by atoms with Crippen LogP contribution < -0.4 is 26.6 Å². The number of rotatable bonds is 19. The van der Waals surface area contributed by atoms with Gasteiger partial charge in [0.05, 0.1) is 6.61 Å². The molecule has 0 heterocycles. The number of aldehydes is 1. The Balaban J connectivity index is 1.53. The molecule has 1 aromatic carbocycles. The Hall–Kier alpha value is -3.73. The Bertz CT molecular complexity index is 1010. The molecule has 0 radical (unpaired) electrons. The van der Waals surface area contributed by atoms with E-state index in [2.05, 4.69) is 26.6 Å². The molecule has 0 saturated heterocycles. The van der Waals surface area contributed by atoms with Crippen LogP contribution in [0.15, 0.2) is 35.5 Å². The van der Waals surface area contributed by atoms with E-state index in [9.17, 15) is 24.0 Å². The summed E-state index contributed by atoms with van der Waals surface area (Å²) in [5.41, 5.74) is 2.90. The zero-order chi connectivity index (χ0) is 29.0. The van der Waals surface area contributed by atoms with Crippen molar-refractivity contribution in [3.05, 3.63) is 41.1 Å². The Morgan fingerprint density at radius 3 is 2.27 bits per heavy atom. The highest BCUT2D eigenvalue weighted by molar-refractivity contribution is 6.09. The molecular weight excluding hydrogens is 514 g/mol. The van der Waals surface area contributed by atoms with Crippen molar-refractivity contribution in [1.29, 1.82) is 0 Å². The lowest BCUT2D eigenvalue weighted by Gasteiger charge is -2.19. The third-order valence-electron chi connectivity index (χ3n) is 6.40. The van der Waals surface area contributed by atoms with Crippen molar-refractivity contribution in [3.63, 3.8) is 0 Å². The third-order valence-corrected chi connectivity index (χ3v) is 6.40. The Morgan fingerprint density at radius 2 is 1.55 bits per heavy atom. The van der Waals surface area contributed by atoms with Gasteiger partial charge in [-0.25, -0.2) is 4.79 Å². The second kappa shape index (κ2) is 19.3. The predicted molar refractivity (Wildman–Crippen MR) is 153 cm³/mol. The molecule has 4 amide bonds. The Kier molecular flexibility index (Phi) is 15.7. The summed E-state index contributed by atoms with van der Waals surface area (Å²) in [6.07, 6.45) is 8.06. The lowest BCUT2D eigenvalue weighted by atomic mass is 9.90. The van der Waals surface area contributed by atoms with Crippen molar-refractivity contribution in [2.75, 3.05) is 45.2 Å². The van der Waals surface area contributed by atoms with Crippen LogP contribution in [-0.4, -0.2) is 69.8 Å². The number of anilines is 1. The molecule has 5 N–H and O–H groups in total. The average Bonchev–Trinajstić information content (AvgIpc) is 2.96. The molecule has 0 unspecified atom stereocenters. The quantitative estimate of drug-likeness (QED) is 0.0758. The summed E-state index contributed by atoms with van der Waals surface area (Å²) in [6, 6.07) is 6.47. The maximum Gasteiger partial charge on any atom is 0.314 e. The zero-order valence-electron chi connectivity index (χ0n) is 23.4. The van der Waals surface area contributed by atoms with Crippen LogP contribution in [0.25, 0.3) is 0 Å². The van der Waals surface area contributed by atoms with Crippen molar-refractivity contribution in [2.24, 2.45) is 0 Å². The van der Waals surface area contributed by atoms with E-state index in [0.29, 0.717) is 50.4 Å². The maximum atomic E-state index is 12.9. The first kappa shape index (κ1) is 32.5. The minimum Gasteiger partial charge on any atom is -0.391 e. The molecular formula is C29H43N5O6. The highest BCUT2D eigenvalue weighted by Gasteiger charge is 2.20. The number of urea groups is 1. The van der Waals surface area contributed by atoms with E-state index < -0.39 is 11.8 Å². The molecule has 11 nitrogen and oxygen atoms in total. The summed E-state index contributed by atoms with van der Waals surface area (Å²) in [5.74, 6) is -0.864. The molecule has 2 rings (SSSR count). The van der Waals surface area contributed by atoms with E-state index >= 15 is 0 Å². The minimum atomic E-state index is -0.449. The van der Waals surface area contributed by atoms with Crippen LogP contribution in [0.2, 0.25) is 0 Å². The molecule has 220 valence electrons. The molecule has 1 aromatic rings. The van der Waals surface area contributed by atoms with Crippen molar-refractivity contribution >= 4 is 35.6 Å². The smallest absolute Gasteiger partial charge is 0.314 e. The van der Waals surface area contributed by atoms with Crippen molar-refractivity contribution in [3.8, 4) is 0 Å². The highest BCUT2D eigenvalue weighted by atomic mass is 16.5. The third kappa shape index (κ3) is 12.9. The van der Waals surface area contributed by atoms with Crippen molar-refractivity contribution in [2.45, 2.75) is 64.2 Å². The fourth-order valence-electron chi connectivity index (χ4n) is 4.26. The molecule has 40 heavy (non-hydrogen) atoms. The van der Waals surface area contributed by atoms with Crippen LogP contribution in [0.4, 0.5) is 10.5 Å². The van der Waals surface area contributed by atoms with Crippen molar-refractivity contribution < 1.29 is 28.7 Å². The number of allylic oxidation sites excluding steroid dienone is 2. The zero-order valence-corrected chi connectivity index (χ0v) is 23.4. The van der Waals surface area contributed by atoms with Crippen LogP contribution in [-0.2, 0) is 19.1 Å². The average molecular weight is 558 g/mol. The number of benzene rings is 1. The van der Waals surface area contributed by atoms with Gasteiger partial charge in [0.25, 0.3) is 0 Å². The van der Waals surface area contributed by atoms with E-state index in [-0.39, 0.29) is 24.8 Å². The van der Waals surface area contributed by atoms with Gasteiger partial charge >= 0.3 is 6.03 Å². The van der Waals surface area contributed by atoms with Crippen LogP contribution in [0.5, 0.6) is 0 Å². The van der Waals surface area contributed by atoms with Gasteiger partial charge in [-0.3, -0.25) is 14.4 Å². The first-order valence-electron chi connectivity index (χ1n) is 14.1. The fraction of sp³-hybridized carbons (Fsp3) is 0.552. The predicted octanol–water partition coefficient (Wildman–Crippen LogP) is 2.83. The number of hydrogen-bond acceptors (Lipinski definition) is 7. The number of ether oxygens (including phenoxy) is 1. The summed E-state index contributed by atoms with van der Waals surface area (Å²) in [7, 11) is 1.84. The monoisotopic (exact) mass is 557 g/mol. The number of carbonyl (C=O) groups is 5. The Labute approximate surface area is 236 Å². The van der Waals surface area contributed by atoms with Gasteiger partial charge in [0.1, 0.15) is 12.7 Å². The van der Waals surface area contributed by atoms with Gasteiger partial charge in [-0.05, 0) is 69.2 Å². The molecule has 1 aliphatic rings. The highest BCUT2D eigenvalue weighted by Crippen LogP contribution is 2.26. The van der Waals surface area contributed by atoms with Crippen molar-refractivity contribution in [1.82, 2.24) is 21.3 Å². The molecule has 0 aliphatic heterocycles. The van der Waals surface area contributed by atoms with E-state index in [0.717, 1.165) is 62.5 Å². The number of ketones is 1. The molecule has 1 aliphatic carbocycles. The molecule has 11 heteroatoms. The summed E-state index contributed by atoms with van der Waals surface area (Å²) in [4.78, 5) is 59.0. The van der Waals surface area contributed by atoms with Crippen LogP contribution in [0.3, 0.4) is 0 Å². The largest absolute Gasteiger partial charge is 0.391 e. The van der Waals surface area contributed by atoms with E-state index in [1.807, 2.05) is 7.05 Å². The second-order valence-electron chi connectivity index (χ2n) is 9.56. The van der Waals surface area contributed by atoms with E-state index in [1.54, 1.807) is 24.3 Å². The number of unbranched alkanes of at least 4 members (excludes halogenated alkanes) is 3. The summed E-state index contributed by atoms with van der Waals surface area (Å²) in [5, 5.41) is 14.0. The van der Waals surface area contributed by atoms with E-state index in [1.165, 1.54) is 0 Å². The number of carbonyl (C=O) groups excluding carboxylic acids is 5. The first-order chi connectivity index (χ1) is 19.4. The minimum absolute atomic E-state index is 0.0000659. The number of Topliss-reactive ketones (excluding diaryl/α,β-unsaturated/α-hetero) is 1. The molecule has 0 saturated carbocycles. The molecule has 0 fully saturated rings. The summed E-state index contributed by atoms with van der Waals surface area (Å²) >= 11 is 0. The normalized spacial score (nSPS) is 12.8. The molecule has 0 bridgehead atoms. The number of amides is 4. The maximum absolute atomic E-state index is 12.9. The van der Waals surface area contributed by atoms with Crippen LogP contribution in [0.1, 0.15) is 74.6 Å². The number of nitrogens with one attached hydrogen (secondary N) is 5. The SMILES string of the molecule is CNC1=C(C(=O)c2ccc(NC(=O)CC(=O)NCCOCCCNC(=O)NCCCCCC=O)cc2)CCCC1. The summed E-state index contributed by atoms with van der Waals surface area (Å²) < 4.78 is 5.44. The second-order valence-corrected chi connectivity index (χ2v) is 9.56. The van der Waals surface area contributed by atoms with Crippen LogP contribution in [0, 0.1) is 0 Å². The first-order valence-corrected chi connectivity index (χ1v) is 14.1. The van der Waals surface area contributed by atoms with Gasteiger partial charge in [-0.2, -0.15) is 0 Å². The van der Waals surface area contributed by atoms with Gasteiger partial charge in [0.15, 0.2) is 5.78 Å². The molecule has 0 spiro atoms. The lowest BCUT2D eigenvalue weighted by molar-refractivity contribution is -0.127. The van der Waals surface area contributed by atoms with Crippen LogP contribution >= 0.6 is 0 Å². The van der Waals surface area contributed by atoms with Gasteiger partial charge in [-0.1, -0.05) is 6.42 Å². The van der Waals surface area contributed by atoms with Gasteiger partial charge in [0.2, 0.25) is 11.8 Å².